The predicted octanol–water partition coefficient (Wildman–Crippen LogP) is 3.87. The third-order valence-corrected chi connectivity index (χ3v) is 6.15. The van der Waals surface area contributed by atoms with Gasteiger partial charge in [-0.05, 0) is 62.6 Å². The maximum Gasteiger partial charge on any atom is 0.191 e. The molecule has 1 atom stereocenters. The largest absolute Gasteiger partial charge is 0.357 e. The quantitative estimate of drug-likeness (QED) is 0.345. The Morgan fingerprint density at radius 1 is 1.30 bits per heavy atom. The molecule has 0 radical (unpaired) electrons. The molecule has 0 spiro atoms. The molecule has 0 saturated carbocycles. The summed E-state index contributed by atoms with van der Waals surface area (Å²) in [5.41, 5.74) is 2.39. The van der Waals surface area contributed by atoms with Gasteiger partial charge in [-0.3, -0.25) is 4.99 Å². The summed E-state index contributed by atoms with van der Waals surface area (Å²) < 4.78 is 2.18. The summed E-state index contributed by atoms with van der Waals surface area (Å²) in [6.07, 6.45) is 7.30. The molecule has 5 nitrogen and oxygen atoms in total. The van der Waals surface area contributed by atoms with Crippen LogP contribution in [0.3, 0.4) is 0 Å². The van der Waals surface area contributed by atoms with Crippen molar-refractivity contribution in [2.75, 3.05) is 25.4 Å². The van der Waals surface area contributed by atoms with Crippen LogP contribution in [0.1, 0.15) is 32.3 Å². The van der Waals surface area contributed by atoms with Gasteiger partial charge in [0.2, 0.25) is 0 Å². The number of benzene rings is 1. The lowest BCUT2D eigenvalue weighted by Gasteiger charge is -2.21. The Hall–Kier alpha value is -1.22. The molecule has 1 aliphatic rings. The Morgan fingerprint density at radius 3 is 2.74 bits per heavy atom. The molecule has 0 aliphatic carbocycles. The van der Waals surface area contributed by atoms with Gasteiger partial charge in [-0.1, -0.05) is 12.1 Å². The van der Waals surface area contributed by atoms with E-state index in [1.54, 1.807) is 6.20 Å². The van der Waals surface area contributed by atoms with Crippen LogP contribution in [0, 0.1) is 0 Å². The number of thioether (sulfide) groups is 1. The van der Waals surface area contributed by atoms with Crippen LogP contribution < -0.4 is 10.6 Å². The highest BCUT2D eigenvalue weighted by molar-refractivity contribution is 14.0. The second-order valence-corrected chi connectivity index (χ2v) is 8.57. The van der Waals surface area contributed by atoms with E-state index in [-0.39, 0.29) is 24.0 Å². The first-order valence-corrected chi connectivity index (χ1v) is 10.4. The van der Waals surface area contributed by atoms with Crippen molar-refractivity contribution < 1.29 is 0 Å². The van der Waals surface area contributed by atoms with E-state index in [2.05, 4.69) is 65.6 Å². The van der Waals surface area contributed by atoms with E-state index < -0.39 is 0 Å². The first-order chi connectivity index (χ1) is 12.7. The average molecular weight is 499 g/mol. The molecule has 1 aromatic carbocycles. The Balaban J connectivity index is 0.00000261. The normalized spacial score (nSPS) is 19.6. The van der Waals surface area contributed by atoms with Crippen molar-refractivity contribution in [3.63, 3.8) is 0 Å². The Bertz CT molecular complexity index is 694. The van der Waals surface area contributed by atoms with E-state index in [1.165, 1.54) is 24.2 Å². The lowest BCUT2D eigenvalue weighted by Crippen LogP contribution is -2.39. The van der Waals surface area contributed by atoms with Crippen molar-refractivity contribution >= 4 is 41.7 Å². The van der Waals surface area contributed by atoms with E-state index in [0.29, 0.717) is 4.75 Å². The minimum absolute atomic E-state index is 0. The SMILES string of the molecule is CCNC(=NCC1(C)CCCS1)NCCc1ccc(-n2cccn2)cc1.I. The van der Waals surface area contributed by atoms with Crippen molar-refractivity contribution in [2.45, 2.75) is 37.9 Å². The number of aromatic nitrogens is 2. The first-order valence-electron chi connectivity index (χ1n) is 9.44. The van der Waals surface area contributed by atoms with Gasteiger partial charge in [-0.2, -0.15) is 16.9 Å². The van der Waals surface area contributed by atoms with Crippen LogP contribution in [-0.4, -0.2) is 45.9 Å². The summed E-state index contributed by atoms with van der Waals surface area (Å²) in [5.74, 6) is 2.19. The van der Waals surface area contributed by atoms with E-state index >= 15 is 0 Å². The maximum absolute atomic E-state index is 4.81. The summed E-state index contributed by atoms with van der Waals surface area (Å²) in [5, 5.41) is 11.1. The number of aliphatic imine (C=N–C) groups is 1. The third-order valence-electron chi connectivity index (χ3n) is 4.63. The molecule has 27 heavy (non-hydrogen) atoms. The van der Waals surface area contributed by atoms with Gasteiger partial charge in [0, 0.05) is 30.2 Å². The van der Waals surface area contributed by atoms with Crippen LogP contribution in [0.5, 0.6) is 0 Å². The van der Waals surface area contributed by atoms with Crippen molar-refractivity contribution in [2.24, 2.45) is 4.99 Å². The molecule has 2 aromatic rings. The van der Waals surface area contributed by atoms with Gasteiger partial charge in [0.15, 0.2) is 5.96 Å². The molecule has 0 amide bonds. The van der Waals surface area contributed by atoms with Crippen LogP contribution >= 0.6 is 35.7 Å². The number of rotatable bonds is 7. The fourth-order valence-electron chi connectivity index (χ4n) is 3.11. The number of hydrogen-bond donors (Lipinski definition) is 2. The van der Waals surface area contributed by atoms with E-state index in [1.807, 2.05) is 16.9 Å². The van der Waals surface area contributed by atoms with Gasteiger partial charge in [-0.25, -0.2) is 4.68 Å². The van der Waals surface area contributed by atoms with Gasteiger partial charge in [0.05, 0.1) is 12.2 Å². The number of halogens is 1. The molecule has 1 saturated heterocycles. The lowest BCUT2D eigenvalue weighted by atomic mass is 10.1. The summed E-state index contributed by atoms with van der Waals surface area (Å²) >= 11 is 2.06. The number of hydrogen-bond acceptors (Lipinski definition) is 3. The second-order valence-electron chi connectivity index (χ2n) is 6.89. The highest BCUT2D eigenvalue weighted by Gasteiger charge is 2.29. The van der Waals surface area contributed by atoms with Crippen molar-refractivity contribution in [1.29, 1.82) is 0 Å². The maximum atomic E-state index is 4.81. The molecule has 1 unspecified atom stereocenters. The van der Waals surface area contributed by atoms with Gasteiger partial charge in [-0.15, -0.1) is 24.0 Å². The molecule has 2 heterocycles. The smallest absolute Gasteiger partial charge is 0.191 e. The third kappa shape index (κ3) is 6.71. The molecule has 7 heteroatoms. The first kappa shape index (κ1) is 22.1. The predicted molar refractivity (Wildman–Crippen MR) is 127 cm³/mol. The van der Waals surface area contributed by atoms with Crippen molar-refractivity contribution in [3.05, 3.63) is 48.3 Å². The molecule has 2 N–H and O–H groups in total. The summed E-state index contributed by atoms with van der Waals surface area (Å²) in [6, 6.07) is 10.5. The topological polar surface area (TPSA) is 54.2 Å². The monoisotopic (exact) mass is 499 g/mol. The number of nitrogens with zero attached hydrogens (tertiary/aromatic N) is 3. The van der Waals surface area contributed by atoms with Crippen LogP contribution in [0.4, 0.5) is 0 Å². The number of nitrogens with one attached hydrogen (secondary N) is 2. The highest BCUT2D eigenvalue weighted by atomic mass is 127. The molecule has 1 aromatic heterocycles. The second kappa shape index (κ2) is 10.9. The van der Waals surface area contributed by atoms with Crippen LogP contribution in [-0.2, 0) is 6.42 Å². The van der Waals surface area contributed by atoms with Crippen molar-refractivity contribution in [1.82, 2.24) is 20.4 Å². The Labute approximate surface area is 183 Å². The lowest BCUT2D eigenvalue weighted by molar-refractivity contribution is 0.614. The van der Waals surface area contributed by atoms with E-state index in [4.69, 9.17) is 4.99 Å². The fraction of sp³-hybridized carbons (Fsp3) is 0.500. The van der Waals surface area contributed by atoms with Gasteiger partial charge < -0.3 is 10.6 Å². The van der Waals surface area contributed by atoms with E-state index in [9.17, 15) is 0 Å². The Kier molecular flexibility index (Phi) is 8.95. The average Bonchev–Trinajstić information content (AvgIpc) is 3.33. The van der Waals surface area contributed by atoms with Gasteiger partial charge in [0.25, 0.3) is 0 Å². The highest BCUT2D eigenvalue weighted by Crippen LogP contribution is 2.37. The molecule has 3 rings (SSSR count). The summed E-state index contributed by atoms with van der Waals surface area (Å²) in [4.78, 5) is 4.81. The zero-order valence-electron chi connectivity index (χ0n) is 16.1. The number of guanidine groups is 1. The van der Waals surface area contributed by atoms with Gasteiger partial charge in [0.1, 0.15) is 0 Å². The Morgan fingerprint density at radius 2 is 2.11 bits per heavy atom. The molecule has 148 valence electrons. The van der Waals surface area contributed by atoms with E-state index in [0.717, 1.165) is 37.7 Å². The molecular weight excluding hydrogens is 469 g/mol. The summed E-state index contributed by atoms with van der Waals surface area (Å²) in [6.45, 7) is 7.08. The van der Waals surface area contributed by atoms with Crippen LogP contribution in [0.2, 0.25) is 0 Å². The minimum Gasteiger partial charge on any atom is -0.357 e. The zero-order valence-corrected chi connectivity index (χ0v) is 19.3. The molecule has 0 bridgehead atoms. The fourth-order valence-corrected chi connectivity index (χ4v) is 4.34. The van der Waals surface area contributed by atoms with Gasteiger partial charge >= 0.3 is 0 Å². The molecular formula is C20H30IN5S. The van der Waals surface area contributed by atoms with Crippen LogP contribution in [0.25, 0.3) is 5.69 Å². The van der Waals surface area contributed by atoms with Crippen molar-refractivity contribution in [3.8, 4) is 5.69 Å². The molecule has 1 fully saturated rings. The van der Waals surface area contributed by atoms with Crippen LogP contribution in [0.15, 0.2) is 47.7 Å². The molecule has 1 aliphatic heterocycles. The standard InChI is InChI=1S/C20H29N5S.HI/c1-3-21-19(23-16-20(2)11-4-15-26-20)22-13-10-17-6-8-18(9-7-17)25-14-5-12-24-25;/h5-9,12,14H,3-4,10-11,13,15-16H2,1-2H3,(H2,21,22,23);1H. The summed E-state index contributed by atoms with van der Waals surface area (Å²) in [7, 11) is 0. The minimum atomic E-state index is 0. The zero-order chi connectivity index (χ0) is 18.2.